The Hall–Kier alpha value is -4.68. The first-order valence-corrected chi connectivity index (χ1v) is 14.8. The third-order valence-electron chi connectivity index (χ3n) is 8.35. The van der Waals surface area contributed by atoms with Crippen molar-refractivity contribution in [1.29, 1.82) is 0 Å². The Morgan fingerprint density at radius 2 is 1.17 bits per heavy atom. The minimum absolute atomic E-state index is 0.249. The van der Waals surface area contributed by atoms with Crippen LogP contribution in [0.25, 0.3) is 39.0 Å². The molecular formula is C42H40. The van der Waals surface area contributed by atoms with Crippen molar-refractivity contribution in [2.75, 3.05) is 0 Å². The maximum Gasteiger partial charge on any atom is 0.00671 e. The number of allylic oxidation sites excluding steroid dienone is 5. The molecule has 5 rings (SSSR count). The van der Waals surface area contributed by atoms with Gasteiger partial charge < -0.3 is 0 Å². The zero-order valence-corrected chi connectivity index (χ0v) is 25.5. The lowest BCUT2D eigenvalue weighted by atomic mass is 9.84. The Bertz CT molecular complexity index is 1780. The van der Waals surface area contributed by atoms with Crippen LogP contribution in [0.1, 0.15) is 53.1 Å². The molecule has 0 aromatic heterocycles. The number of aryl methyl sites for hydroxylation is 3. The third kappa shape index (κ3) is 5.99. The fourth-order valence-electron chi connectivity index (χ4n) is 5.88. The first kappa shape index (κ1) is 28.8. The van der Waals surface area contributed by atoms with Crippen molar-refractivity contribution < 1.29 is 0 Å². The lowest BCUT2D eigenvalue weighted by Gasteiger charge is -2.20. The van der Waals surface area contributed by atoms with Gasteiger partial charge in [-0.3, -0.25) is 0 Å². The summed E-state index contributed by atoms with van der Waals surface area (Å²) in [6.07, 6.45) is 8.10. The molecule has 0 N–H and O–H groups in total. The average Bonchev–Trinajstić information content (AvgIpc) is 3.02. The highest BCUT2D eigenvalue weighted by Gasteiger charge is 2.16. The van der Waals surface area contributed by atoms with E-state index < -0.39 is 0 Å². The molecule has 0 heteroatoms. The van der Waals surface area contributed by atoms with Gasteiger partial charge in [0.25, 0.3) is 0 Å². The summed E-state index contributed by atoms with van der Waals surface area (Å²) in [4.78, 5) is 0. The van der Waals surface area contributed by atoms with Gasteiger partial charge in [-0.1, -0.05) is 135 Å². The topological polar surface area (TPSA) is 0 Å². The van der Waals surface area contributed by atoms with Crippen LogP contribution in [0.5, 0.6) is 0 Å². The van der Waals surface area contributed by atoms with Crippen molar-refractivity contribution in [3.05, 3.63) is 173 Å². The van der Waals surface area contributed by atoms with E-state index in [0.717, 1.165) is 0 Å². The zero-order valence-electron chi connectivity index (χ0n) is 25.5. The molecular weight excluding hydrogens is 504 g/mol. The van der Waals surface area contributed by atoms with Crippen molar-refractivity contribution in [3.63, 3.8) is 0 Å². The van der Waals surface area contributed by atoms with Crippen LogP contribution in [-0.2, 0) is 0 Å². The lowest BCUT2D eigenvalue weighted by molar-refractivity contribution is 0.924. The monoisotopic (exact) mass is 544 g/mol. The summed E-state index contributed by atoms with van der Waals surface area (Å²) >= 11 is 0. The highest BCUT2D eigenvalue weighted by Crippen LogP contribution is 2.38. The first-order valence-electron chi connectivity index (χ1n) is 14.8. The van der Waals surface area contributed by atoms with Gasteiger partial charge in [0.2, 0.25) is 0 Å². The standard InChI is InChI=1S/C42H40/c1-7-13-34(14-8-2)35-25-23-33(24-26-35)32(6)39-17-11-12-18-40(39)42-28-37(22-20-31(42)5)36-21-19-30(4)41(27-36)38-16-10-9-15-29(38)3/h7-28,32H,1H2,2-6H3/b14-8-,34-13+. The fourth-order valence-corrected chi connectivity index (χ4v) is 5.88. The van der Waals surface area contributed by atoms with Crippen LogP contribution in [0.3, 0.4) is 0 Å². The van der Waals surface area contributed by atoms with Gasteiger partial charge in [0, 0.05) is 5.92 Å². The maximum atomic E-state index is 3.88. The largest absolute Gasteiger partial charge is 0.0990 e. The molecule has 0 fully saturated rings. The van der Waals surface area contributed by atoms with E-state index in [2.05, 4.69) is 162 Å². The summed E-state index contributed by atoms with van der Waals surface area (Å²) in [5.41, 5.74) is 16.5. The van der Waals surface area contributed by atoms with Gasteiger partial charge >= 0.3 is 0 Å². The summed E-state index contributed by atoms with van der Waals surface area (Å²) in [5.74, 6) is 0.249. The molecule has 1 atom stereocenters. The van der Waals surface area contributed by atoms with E-state index in [0.29, 0.717) is 0 Å². The molecule has 0 radical (unpaired) electrons. The molecule has 0 aliphatic rings. The highest BCUT2D eigenvalue weighted by atomic mass is 14.2. The maximum absolute atomic E-state index is 3.88. The second-order valence-corrected chi connectivity index (χ2v) is 11.2. The molecule has 0 heterocycles. The summed E-state index contributed by atoms with van der Waals surface area (Å²) < 4.78 is 0. The SMILES string of the molecule is C=C/C=C(\C=C/C)c1ccc(C(C)c2ccccc2-c2cc(-c3ccc(C)c(-c4ccccc4C)c3)ccc2C)cc1. The van der Waals surface area contributed by atoms with Crippen LogP contribution >= 0.6 is 0 Å². The Kier molecular flexibility index (Phi) is 8.84. The molecule has 0 saturated carbocycles. The first-order chi connectivity index (χ1) is 20.4. The number of hydrogen-bond acceptors (Lipinski definition) is 0. The predicted molar refractivity (Wildman–Crippen MR) is 184 cm³/mol. The fraction of sp³-hybridized carbons (Fsp3) is 0.143. The minimum atomic E-state index is 0.249. The van der Waals surface area contributed by atoms with E-state index in [-0.39, 0.29) is 5.92 Å². The summed E-state index contributed by atoms with van der Waals surface area (Å²) in [6, 6.07) is 40.3. The van der Waals surface area contributed by atoms with Crippen LogP contribution in [0.15, 0.2) is 140 Å². The van der Waals surface area contributed by atoms with E-state index in [1.54, 1.807) is 0 Å². The van der Waals surface area contributed by atoms with E-state index >= 15 is 0 Å². The molecule has 0 spiro atoms. The van der Waals surface area contributed by atoms with Crippen molar-refractivity contribution in [1.82, 2.24) is 0 Å². The van der Waals surface area contributed by atoms with Crippen LogP contribution in [0.2, 0.25) is 0 Å². The van der Waals surface area contributed by atoms with Crippen LogP contribution in [-0.4, -0.2) is 0 Å². The van der Waals surface area contributed by atoms with Crippen molar-refractivity contribution in [2.45, 2.75) is 40.5 Å². The molecule has 0 amide bonds. The third-order valence-corrected chi connectivity index (χ3v) is 8.35. The van der Waals surface area contributed by atoms with Gasteiger partial charge in [0.05, 0.1) is 0 Å². The molecule has 0 saturated heterocycles. The van der Waals surface area contributed by atoms with E-state index in [1.165, 1.54) is 72.3 Å². The predicted octanol–water partition coefficient (Wildman–Crippen LogP) is 11.9. The van der Waals surface area contributed by atoms with Gasteiger partial charge in [0.15, 0.2) is 0 Å². The Morgan fingerprint density at radius 3 is 1.76 bits per heavy atom. The molecule has 42 heavy (non-hydrogen) atoms. The van der Waals surface area contributed by atoms with Gasteiger partial charge in [0.1, 0.15) is 0 Å². The molecule has 208 valence electrons. The summed E-state index contributed by atoms with van der Waals surface area (Å²) in [6.45, 7) is 14.9. The van der Waals surface area contributed by atoms with Gasteiger partial charge in [-0.25, -0.2) is 0 Å². The van der Waals surface area contributed by atoms with Crippen molar-refractivity contribution in [3.8, 4) is 33.4 Å². The van der Waals surface area contributed by atoms with Crippen LogP contribution < -0.4 is 0 Å². The van der Waals surface area contributed by atoms with E-state index in [4.69, 9.17) is 0 Å². The molecule has 1 unspecified atom stereocenters. The molecule has 0 aliphatic carbocycles. The average molecular weight is 545 g/mol. The summed E-state index contributed by atoms with van der Waals surface area (Å²) in [5, 5.41) is 0. The number of benzene rings is 5. The molecule has 0 aliphatic heterocycles. The normalized spacial score (nSPS) is 12.5. The Morgan fingerprint density at radius 1 is 0.619 bits per heavy atom. The lowest BCUT2D eigenvalue weighted by Crippen LogP contribution is -2.00. The van der Waals surface area contributed by atoms with Gasteiger partial charge in [-0.2, -0.15) is 0 Å². The number of hydrogen-bond donors (Lipinski definition) is 0. The molecule has 0 nitrogen and oxygen atoms in total. The van der Waals surface area contributed by atoms with Crippen LogP contribution in [0.4, 0.5) is 0 Å². The minimum Gasteiger partial charge on any atom is -0.0990 e. The van der Waals surface area contributed by atoms with Crippen molar-refractivity contribution >= 4 is 5.57 Å². The smallest absolute Gasteiger partial charge is 0.00671 e. The van der Waals surface area contributed by atoms with Crippen molar-refractivity contribution in [2.24, 2.45) is 0 Å². The molecule has 0 bridgehead atoms. The Labute approximate surface area is 252 Å². The second-order valence-electron chi connectivity index (χ2n) is 11.2. The van der Waals surface area contributed by atoms with E-state index in [1.807, 2.05) is 13.0 Å². The highest BCUT2D eigenvalue weighted by molar-refractivity contribution is 5.81. The summed E-state index contributed by atoms with van der Waals surface area (Å²) in [7, 11) is 0. The van der Waals surface area contributed by atoms with Gasteiger partial charge in [-0.15, -0.1) is 0 Å². The molecule has 5 aromatic rings. The van der Waals surface area contributed by atoms with E-state index in [9.17, 15) is 0 Å². The number of rotatable bonds is 8. The molecule has 5 aromatic carbocycles. The quantitative estimate of drug-likeness (QED) is 0.170. The zero-order chi connectivity index (χ0) is 29.6. The van der Waals surface area contributed by atoms with Gasteiger partial charge in [-0.05, 0) is 112 Å². The Balaban J connectivity index is 1.53. The second kappa shape index (κ2) is 12.9. The van der Waals surface area contributed by atoms with Crippen LogP contribution in [0, 0.1) is 20.8 Å².